The highest BCUT2D eigenvalue weighted by Crippen LogP contribution is 2.22. The molecule has 2 N–H and O–H groups in total. The predicted octanol–water partition coefficient (Wildman–Crippen LogP) is 2.09. The molecule has 0 bridgehead atoms. The molecule has 0 saturated carbocycles. The summed E-state index contributed by atoms with van der Waals surface area (Å²) in [5.41, 5.74) is 5.67. The number of hydrogen-bond donors (Lipinski definition) is 1. The van der Waals surface area contributed by atoms with E-state index < -0.39 is 18.8 Å². The Morgan fingerprint density at radius 3 is 2.27 bits per heavy atom. The Bertz CT molecular complexity index is 286. The molecular weight excluding hydrogens is 207 g/mol. The van der Waals surface area contributed by atoms with Crippen molar-refractivity contribution in [2.45, 2.75) is 18.9 Å². The second kappa shape index (κ2) is 5.14. The van der Waals surface area contributed by atoms with Crippen LogP contribution in [0.5, 0.6) is 0 Å². The first kappa shape index (κ1) is 12.0. The SMILES string of the molecule is NCC(OCc1ccccc1)C(F)(F)F. The Balaban J connectivity index is 2.49. The first-order chi connectivity index (χ1) is 7.04. The fourth-order valence-electron chi connectivity index (χ4n) is 1.07. The highest BCUT2D eigenvalue weighted by Gasteiger charge is 2.39. The van der Waals surface area contributed by atoms with E-state index in [9.17, 15) is 13.2 Å². The van der Waals surface area contributed by atoms with Gasteiger partial charge in [0.1, 0.15) is 0 Å². The first-order valence-electron chi connectivity index (χ1n) is 4.46. The van der Waals surface area contributed by atoms with E-state index in [-0.39, 0.29) is 6.61 Å². The number of halogens is 3. The van der Waals surface area contributed by atoms with E-state index in [1.54, 1.807) is 30.3 Å². The maximum absolute atomic E-state index is 12.2. The topological polar surface area (TPSA) is 35.2 Å². The van der Waals surface area contributed by atoms with Gasteiger partial charge in [-0.15, -0.1) is 0 Å². The molecular formula is C10H12F3NO. The average molecular weight is 219 g/mol. The van der Waals surface area contributed by atoms with Crippen LogP contribution in [0.1, 0.15) is 5.56 Å². The van der Waals surface area contributed by atoms with Gasteiger partial charge in [0.2, 0.25) is 0 Å². The van der Waals surface area contributed by atoms with Crippen LogP contribution in [0.2, 0.25) is 0 Å². The van der Waals surface area contributed by atoms with Crippen LogP contribution in [-0.4, -0.2) is 18.8 Å². The van der Waals surface area contributed by atoms with Gasteiger partial charge in [-0.3, -0.25) is 0 Å². The molecule has 0 aliphatic rings. The highest BCUT2D eigenvalue weighted by atomic mass is 19.4. The van der Waals surface area contributed by atoms with Crippen LogP contribution in [-0.2, 0) is 11.3 Å². The van der Waals surface area contributed by atoms with Crippen molar-refractivity contribution >= 4 is 0 Å². The standard InChI is InChI=1S/C10H12F3NO/c11-10(12,13)9(6-14)15-7-8-4-2-1-3-5-8/h1-5,9H,6-7,14H2. The number of rotatable bonds is 4. The molecule has 0 radical (unpaired) electrons. The fraction of sp³-hybridized carbons (Fsp3) is 0.400. The minimum Gasteiger partial charge on any atom is -0.363 e. The molecule has 1 atom stereocenters. The second-order valence-corrected chi connectivity index (χ2v) is 3.06. The number of alkyl halides is 3. The van der Waals surface area contributed by atoms with E-state index in [4.69, 9.17) is 10.5 Å². The van der Waals surface area contributed by atoms with Crippen LogP contribution in [0, 0.1) is 0 Å². The molecule has 0 saturated heterocycles. The third kappa shape index (κ3) is 3.89. The van der Waals surface area contributed by atoms with Crippen molar-refractivity contribution in [3.63, 3.8) is 0 Å². The molecule has 5 heteroatoms. The van der Waals surface area contributed by atoms with Crippen molar-refractivity contribution < 1.29 is 17.9 Å². The van der Waals surface area contributed by atoms with Crippen LogP contribution in [0.3, 0.4) is 0 Å². The lowest BCUT2D eigenvalue weighted by molar-refractivity contribution is -0.219. The van der Waals surface area contributed by atoms with Gasteiger partial charge in [-0.2, -0.15) is 13.2 Å². The molecule has 0 heterocycles. The Hall–Kier alpha value is -1.07. The Morgan fingerprint density at radius 2 is 1.80 bits per heavy atom. The molecule has 0 aliphatic carbocycles. The minimum atomic E-state index is -4.40. The van der Waals surface area contributed by atoms with Gasteiger partial charge < -0.3 is 10.5 Å². The van der Waals surface area contributed by atoms with E-state index in [0.29, 0.717) is 5.56 Å². The molecule has 0 amide bonds. The summed E-state index contributed by atoms with van der Waals surface area (Å²) in [4.78, 5) is 0. The molecule has 2 nitrogen and oxygen atoms in total. The van der Waals surface area contributed by atoms with Crippen LogP contribution in [0.25, 0.3) is 0 Å². The van der Waals surface area contributed by atoms with Crippen LogP contribution < -0.4 is 5.73 Å². The van der Waals surface area contributed by atoms with Crippen molar-refractivity contribution in [1.82, 2.24) is 0 Å². The van der Waals surface area contributed by atoms with E-state index in [2.05, 4.69) is 0 Å². The second-order valence-electron chi connectivity index (χ2n) is 3.06. The summed E-state index contributed by atoms with van der Waals surface area (Å²) in [7, 11) is 0. The first-order valence-corrected chi connectivity index (χ1v) is 4.46. The monoisotopic (exact) mass is 219 g/mol. The third-order valence-electron chi connectivity index (χ3n) is 1.87. The summed E-state index contributed by atoms with van der Waals surface area (Å²) in [6.07, 6.45) is -6.29. The van der Waals surface area contributed by atoms with E-state index >= 15 is 0 Å². The molecule has 1 rings (SSSR count). The highest BCUT2D eigenvalue weighted by molar-refractivity contribution is 5.13. The Morgan fingerprint density at radius 1 is 1.20 bits per heavy atom. The van der Waals surface area contributed by atoms with Gasteiger partial charge in [0.25, 0.3) is 0 Å². The molecule has 84 valence electrons. The van der Waals surface area contributed by atoms with E-state index in [1.165, 1.54) is 0 Å². The van der Waals surface area contributed by atoms with Gasteiger partial charge >= 0.3 is 6.18 Å². The van der Waals surface area contributed by atoms with Gasteiger partial charge in [-0.25, -0.2) is 0 Å². The van der Waals surface area contributed by atoms with Crippen molar-refractivity contribution in [2.75, 3.05) is 6.54 Å². The zero-order valence-electron chi connectivity index (χ0n) is 8.00. The van der Waals surface area contributed by atoms with Gasteiger partial charge in [-0.1, -0.05) is 30.3 Å². The molecule has 0 aliphatic heterocycles. The molecule has 0 fully saturated rings. The number of ether oxygens (including phenoxy) is 1. The van der Waals surface area contributed by atoms with Crippen molar-refractivity contribution in [3.8, 4) is 0 Å². The molecule has 1 unspecified atom stereocenters. The summed E-state index contributed by atoms with van der Waals surface area (Å²) in [5, 5.41) is 0. The minimum absolute atomic E-state index is 0.0811. The van der Waals surface area contributed by atoms with Crippen molar-refractivity contribution in [1.29, 1.82) is 0 Å². The summed E-state index contributed by atoms with van der Waals surface area (Å²) >= 11 is 0. The number of benzene rings is 1. The summed E-state index contributed by atoms with van der Waals surface area (Å²) in [5.74, 6) is 0. The zero-order valence-corrected chi connectivity index (χ0v) is 8.00. The lowest BCUT2D eigenvalue weighted by Crippen LogP contribution is -2.38. The fourth-order valence-corrected chi connectivity index (χ4v) is 1.07. The van der Waals surface area contributed by atoms with E-state index in [0.717, 1.165) is 0 Å². The molecule has 0 aromatic heterocycles. The van der Waals surface area contributed by atoms with Crippen molar-refractivity contribution in [2.24, 2.45) is 5.73 Å². The molecule has 15 heavy (non-hydrogen) atoms. The van der Waals surface area contributed by atoms with Crippen molar-refractivity contribution in [3.05, 3.63) is 35.9 Å². The van der Waals surface area contributed by atoms with Crippen LogP contribution >= 0.6 is 0 Å². The average Bonchev–Trinajstić information content (AvgIpc) is 2.18. The van der Waals surface area contributed by atoms with Gasteiger partial charge in [0, 0.05) is 6.54 Å². The quantitative estimate of drug-likeness (QED) is 0.841. The van der Waals surface area contributed by atoms with Gasteiger partial charge in [-0.05, 0) is 5.56 Å². The molecule has 1 aromatic carbocycles. The zero-order chi connectivity index (χ0) is 11.3. The summed E-state index contributed by atoms with van der Waals surface area (Å²) < 4.78 is 41.3. The number of nitrogens with two attached hydrogens (primary N) is 1. The van der Waals surface area contributed by atoms with Crippen LogP contribution in [0.4, 0.5) is 13.2 Å². The number of hydrogen-bond acceptors (Lipinski definition) is 2. The van der Waals surface area contributed by atoms with Crippen LogP contribution in [0.15, 0.2) is 30.3 Å². The van der Waals surface area contributed by atoms with Gasteiger partial charge in [0.05, 0.1) is 6.61 Å². The predicted molar refractivity (Wildman–Crippen MR) is 50.1 cm³/mol. The lowest BCUT2D eigenvalue weighted by Gasteiger charge is -2.18. The van der Waals surface area contributed by atoms with Gasteiger partial charge in [0.15, 0.2) is 6.10 Å². The Labute approximate surface area is 85.8 Å². The molecule has 0 spiro atoms. The normalized spacial score (nSPS) is 13.9. The molecule has 1 aromatic rings. The van der Waals surface area contributed by atoms with E-state index in [1.807, 2.05) is 0 Å². The summed E-state index contributed by atoms with van der Waals surface area (Å²) in [6.45, 7) is -0.640. The maximum Gasteiger partial charge on any atom is 0.415 e. The maximum atomic E-state index is 12.2. The smallest absolute Gasteiger partial charge is 0.363 e. The summed E-state index contributed by atoms with van der Waals surface area (Å²) in [6, 6.07) is 8.66. The Kier molecular flexibility index (Phi) is 4.11. The largest absolute Gasteiger partial charge is 0.415 e. The lowest BCUT2D eigenvalue weighted by atomic mass is 10.2. The third-order valence-corrected chi connectivity index (χ3v) is 1.87.